The Balaban J connectivity index is 1.89. The van der Waals surface area contributed by atoms with E-state index in [2.05, 4.69) is 16.5 Å². The number of hydrogen-bond donors (Lipinski definition) is 2. The Morgan fingerprint density at radius 1 is 1.17 bits per heavy atom. The Morgan fingerprint density at radius 3 is 2.57 bits per heavy atom. The van der Waals surface area contributed by atoms with Gasteiger partial charge in [-0.25, -0.2) is 5.01 Å². The largest absolute Gasteiger partial charge is 0.493 e. The van der Waals surface area contributed by atoms with E-state index < -0.39 is 11.8 Å². The van der Waals surface area contributed by atoms with Gasteiger partial charge in [0.15, 0.2) is 17.3 Å². The molecule has 10 nitrogen and oxygen atoms in total. The first-order chi connectivity index (χ1) is 17.0. The molecule has 180 valence electrons. The van der Waals surface area contributed by atoms with Gasteiger partial charge in [-0.05, 0) is 31.0 Å². The molecule has 4 rings (SSSR count). The number of ketones is 1. The second kappa shape index (κ2) is 9.77. The molecule has 0 spiro atoms. The number of amides is 1. The monoisotopic (exact) mass is 475 g/mol. The van der Waals surface area contributed by atoms with Gasteiger partial charge < -0.3 is 19.9 Å². The van der Waals surface area contributed by atoms with Gasteiger partial charge in [-0.3, -0.25) is 20.0 Å². The van der Waals surface area contributed by atoms with E-state index in [0.29, 0.717) is 58.9 Å². The van der Waals surface area contributed by atoms with E-state index in [4.69, 9.17) is 19.9 Å². The quantitative estimate of drug-likeness (QED) is 0.645. The van der Waals surface area contributed by atoms with E-state index in [-0.39, 0.29) is 17.2 Å². The molecule has 35 heavy (non-hydrogen) atoms. The fraction of sp³-hybridized carbons (Fsp3) is 0.280. The molecule has 0 bridgehead atoms. The predicted molar refractivity (Wildman–Crippen MR) is 125 cm³/mol. The highest BCUT2D eigenvalue weighted by Crippen LogP contribution is 2.50. The van der Waals surface area contributed by atoms with Crippen LogP contribution in [0.15, 0.2) is 59.3 Å². The lowest BCUT2D eigenvalue weighted by atomic mass is 9.75. The van der Waals surface area contributed by atoms with E-state index in [1.807, 2.05) is 0 Å². The molecular formula is C25H25N5O5. The maximum Gasteiger partial charge on any atom is 0.271 e. The third-order valence-electron chi connectivity index (χ3n) is 6.10. The summed E-state index contributed by atoms with van der Waals surface area (Å²) in [5, 5.41) is 11.5. The van der Waals surface area contributed by atoms with Crippen LogP contribution in [-0.4, -0.2) is 43.0 Å². The van der Waals surface area contributed by atoms with Gasteiger partial charge in [0.2, 0.25) is 5.75 Å². The number of Topliss-reactive ketones (excluding diaryl/α,β-unsaturated/α-hetero) is 1. The molecule has 1 aromatic heterocycles. The van der Waals surface area contributed by atoms with Crippen molar-refractivity contribution in [1.82, 2.24) is 15.4 Å². The smallest absolute Gasteiger partial charge is 0.271 e. The Kier molecular flexibility index (Phi) is 6.59. The average Bonchev–Trinajstić information content (AvgIpc) is 2.89. The predicted octanol–water partition coefficient (Wildman–Crippen LogP) is 2.55. The number of nitrogens with one attached hydrogen (secondary N) is 1. The van der Waals surface area contributed by atoms with Crippen LogP contribution in [-0.2, 0) is 4.79 Å². The number of carbonyl (C=O) groups is 2. The number of hydrogen-bond acceptors (Lipinski definition) is 9. The van der Waals surface area contributed by atoms with Gasteiger partial charge in [0, 0.05) is 35.6 Å². The summed E-state index contributed by atoms with van der Waals surface area (Å²) in [6.07, 6.45) is 4.36. The van der Waals surface area contributed by atoms with E-state index >= 15 is 0 Å². The lowest BCUT2D eigenvalue weighted by Crippen LogP contribution is -2.48. The summed E-state index contributed by atoms with van der Waals surface area (Å²) in [5.41, 5.74) is 11.1. The van der Waals surface area contributed by atoms with Crippen molar-refractivity contribution in [3.05, 3.63) is 70.5 Å². The number of pyridine rings is 1. The molecule has 2 aliphatic rings. The molecule has 1 aromatic carbocycles. The lowest BCUT2D eigenvalue weighted by molar-refractivity contribution is -0.116. The number of ether oxygens (including phenoxy) is 3. The van der Waals surface area contributed by atoms with E-state index in [1.165, 1.54) is 32.5 Å². The summed E-state index contributed by atoms with van der Waals surface area (Å²) in [7, 11) is 4.46. The van der Waals surface area contributed by atoms with E-state index in [0.717, 1.165) is 0 Å². The number of allylic oxidation sites excluding steroid dienone is 3. The molecule has 2 aromatic rings. The first kappa shape index (κ1) is 23.6. The van der Waals surface area contributed by atoms with Crippen LogP contribution in [0.4, 0.5) is 0 Å². The summed E-state index contributed by atoms with van der Waals surface area (Å²) in [4.78, 5) is 30.2. The van der Waals surface area contributed by atoms with Crippen LogP contribution in [0.5, 0.6) is 17.2 Å². The highest BCUT2D eigenvalue weighted by atomic mass is 16.5. The van der Waals surface area contributed by atoms with Crippen LogP contribution in [0.3, 0.4) is 0 Å². The second-order valence-electron chi connectivity index (χ2n) is 7.92. The van der Waals surface area contributed by atoms with Gasteiger partial charge in [0.1, 0.15) is 5.82 Å². The van der Waals surface area contributed by atoms with Crippen molar-refractivity contribution >= 4 is 11.7 Å². The van der Waals surface area contributed by atoms with E-state index in [9.17, 15) is 14.9 Å². The maximum absolute atomic E-state index is 13.3. The molecule has 1 unspecified atom stereocenters. The highest BCUT2D eigenvalue weighted by molar-refractivity contribution is 6.00. The molecule has 1 atom stereocenters. The minimum Gasteiger partial charge on any atom is -0.493 e. The molecule has 0 saturated heterocycles. The molecular weight excluding hydrogens is 450 g/mol. The number of carbonyl (C=O) groups excluding carboxylic acids is 2. The second-order valence-corrected chi connectivity index (χ2v) is 7.92. The van der Waals surface area contributed by atoms with Crippen molar-refractivity contribution in [2.75, 3.05) is 21.3 Å². The van der Waals surface area contributed by atoms with Crippen molar-refractivity contribution < 1.29 is 23.8 Å². The SMILES string of the molecule is COc1ccc(C2C(C#N)=C(N)N(NC(=O)c3cccnc3)C3=C2C(=O)CCC3)c(OC)c1OC. The van der Waals surface area contributed by atoms with Gasteiger partial charge >= 0.3 is 0 Å². The Labute approximate surface area is 202 Å². The zero-order valence-electron chi connectivity index (χ0n) is 19.6. The summed E-state index contributed by atoms with van der Waals surface area (Å²) in [5.74, 6) is -0.270. The van der Waals surface area contributed by atoms with Gasteiger partial charge in [-0.2, -0.15) is 5.26 Å². The number of nitrogens with two attached hydrogens (primary N) is 1. The van der Waals surface area contributed by atoms with Crippen LogP contribution < -0.4 is 25.4 Å². The first-order valence-electron chi connectivity index (χ1n) is 10.9. The number of methoxy groups -OCH3 is 3. The minimum absolute atomic E-state index is 0.0278. The third-order valence-corrected chi connectivity index (χ3v) is 6.10. The number of aromatic nitrogens is 1. The van der Waals surface area contributed by atoms with Gasteiger partial charge in [0.25, 0.3) is 5.91 Å². The molecule has 1 aliphatic carbocycles. The van der Waals surface area contributed by atoms with Crippen LogP contribution >= 0.6 is 0 Å². The Hall–Kier alpha value is -4.52. The zero-order valence-corrected chi connectivity index (χ0v) is 19.6. The Bertz CT molecular complexity index is 1280. The van der Waals surface area contributed by atoms with Crippen molar-refractivity contribution in [2.24, 2.45) is 5.73 Å². The summed E-state index contributed by atoms with van der Waals surface area (Å²) in [6.45, 7) is 0. The topological polar surface area (TPSA) is 140 Å². The molecule has 0 fully saturated rings. The van der Waals surface area contributed by atoms with Crippen LogP contribution in [0.2, 0.25) is 0 Å². The fourth-order valence-electron chi connectivity index (χ4n) is 4.54. The summed E-state index contributed by atoms with van der Waals surface area (Å²) < 4.78 is 16.5. The van der Waals surface area contributed by atoms with Crippen LogP contribution in [0.25, 0.3) is 0 Å². The molecule has 2 heterocycles. The minimum atomic E-state index is -0.802. The fourth-order valence-corrected chi connectivity index (χ4v) is 4.54. The number of hydrazine groups is 1. The first-order valence-corrected chi connectivity index (χ1v) is 10.9. The highest BCUT2D eigenvalue weighted by Gasteiger charge is 2.42. The maximum atomic E-state index is 13.3. The molecule has 1 amide bonds. The average molecular weight is 476 g/mol. The molecule has 1 aliphatic heterocycles. The van der Waals surface area contributed by atoms with Gasteiger partial charge in [-0.1, -0.05) is 6.07 Å². The molecule has 3 N–H and O–H groups in total. The molecule has 0 saturated carbocycles. The lowest BCUT2D eigenvalue weighted by Gasteiger charge is -2.39. The summed E-state index contributed by atoms with van der Waals surface area (Å²) in [6, 6.07) is 8.81. The van der Waals surface area contributed by atoms with Crippen LogP contribution in [0.1, 0.15) is 41.1 Å². The molecule has 10 heteroatoms. The third kappa shape index (κ3) is 4.01. The van der Waals surface area contributed by atoms with Gasteiger partial charge in [0.05, 0.1) is 44.5 Å². The number of rotatable bonds is 6. The van der Waals surface area contributed by atoms with Crippen molar-refractivity contribution in [3.8, 4) is 23.3 Å². The van der Waals surface area contributed by atoms with E-state index in [1.54, 1.807) is 30.5 Å². The molecule has 0 radical (unpaired) electrons. The Morgan fingerprint density at radius 2 is 1.94 bits per heavy atom. The van der Waals surface area contributed by atoms with Crippen molar-refractivity contribution in [3.63, 3.8) is 0 Å². The number of benzene rings is 1. The number of nitriles is 1. The van der Waals surface area contributed by atoms with Crippen molar-refractivity contribution in [1.29, 1.82) is 5.26 Å². The summed E-state index contributed by atoms with van der Waals surface area (Å²) >= 11 is 0. The zero-order chi connectivity index (χ0) is 25.1. The van der Waals surface area contributed by atoms with Gasteiger partial charge in [-0.15, -0.1) is 0 Å². The number of nitrogens with zero attached hydrogens (tertiary/aromatic N) is 3. The van der Waals surface area contributed by atoms with Crippen LogP contribution in [0, 0.1) is 11.3 Å². The standard InChI is InChI=1S/C25H25N5O5/c1-33-19-10-9-15(22(34-2)23(19)35-3)20-16(12-26)24(27)30(17-7-4-8-18(31)21(17)20)29-25(32)14-6-5-11-28-13-14/h5-6,9-11,13,20H,4,7-8,27H2,1-3H3,(H,29,32). The van der Waals surface area contributed by atoms with Crippen molar-refractivity contribution in [2.45, 2.75) is 25.2 Å². The normalized spacial score (nSPS) is 17.5.